The molecule has 0 saturated carbocycles. The van der Waals surface area contributed by atoms with E-state index in [1.165, 1.54) is 5.69 Å². The predicted octanol–water partition coefficient (Wildman–Crippen LogP) is -3.95. The van der Waals surface area contributed by atoms with E-state index in [2.05, 4.69) is 4.98 Å². The number of aromatic nitrogens is 1. The van der Waals surface area contributed by atoms with E-state index in [0.717, 1.165) is 0 Å². The molecule has 0 bridgehead atoms. The van der Waals surface area contributed by atoms with E-state index in [9.17, 15) is 0 Å². The van der Waals surface area contributed by atoms with Gasteiger partial charge < -0.3 is 0 Å². The van der Waals surface area contributed by atoms with Crippen LogP contribution in [0.3, 0.4) is 0 Å². The van der Waals surface area contributed by atoms with E-state index in [0.29, 0.717) is 0 Å². The van der Waals surface area contributed by atoms with Crippen molar-refractivity contribution in [3.63, 3.8) is 0 Å². The molecule has 0 saturated heterocycles. The van der Waals surface area contributed by atoms with E-state index in [4.69, 9.17) is 18.6 Å². The highest BCUT2D eigenvalue weighted by molar-refractivity contribution is 4.92. The molecule has 0 aliphatic rings. The lowest BCUT2D eigenvalue weighted by Crippen LogP contribution is -2.68. The summed E-state index contributed by atoms with van der Waals surface area (Å²) in [7, 11) is -4.94. The van der Waals surface area contributed by atoms with E-state index in [1.807, 2.05) is 31.3 Å². The van der Waals surface area contributed by atoms with Crippen molar-refractivity contribution in [2.24, 2.45) is 0 Å². The van der Waals surface area contributed by atoms with Crippen LogP contribution < -0.4 is 23.6 Å². The topological polar surface area (TPSA) is 106 Å². The number of halogens is 1. The summed E-state index contributed by atoms with van der Waals surface area (Å²) in [6.45, 7) is 2.03. The van der Waals surface area contributed by atoms with Crippen LogP contribution in [0.4, 0.5) is 0 Å². The van der Waals surface area contributed by atoms with Crippen molar-refractivity contribution in [2.45, 2.75) is 6.92 Å². The average molecular weight is 194 g/mol. The Hall–Kier alpha value is -0.720. The van der Waals surface area contributed by atoms with Gasteiger partial charge in [-0.05, 0) is 0 Å². The molecule has 1 heterocycles. The molecule has 1 aromatic rings. The molecule has 1 N–H and O–H groups in total. The van der Waals surface area contributed by atoms with Gasteiger partial charge in [-0.3, -0.25) is 0 Å². The Morgan fingerprint density at radius 1 is 1.17 bits per heavy atom. The first kappa shape index (κ1) is 11.3. The van der Waals surface area contributed by atoms with Gasteiger partial charge in [-0.15, -0.1) is 10.2 Å². The van der Waals surface area contributed by atoms with Gasteiger partial charge in [0, 0.05) is 19.1 Å². The van der Waals surface area contributed by atoms with Gasteiger partial charge in [0.25, 0.3) is 0 Å². The maximum Gasteiger partial charge on any atom is 0.176 e. The molecule has 1 aromatic heterocycles. The Morgan fingerprint density at radius 2 is 1.67 bits per heavy atom. The molecular weight excluding hydrogens is 186 g/mol. The monoisotopic (exact) mass is 193 g/mol. The zero-order chi connectivity index (χ0) is 9.61. The second-order valence-electron chi connectivity index (χ2n) is 1.92. The number of hydrogen-bond acceptors (Lipinski definition) is 4. The fourth-order valence-electron chi connectivity index (χ4n) is 0.483. The summed E-state index contributed by atoms with van der Waals surface area (Å²) in [5.41, 5.74) is 1.20. The van der Waals surface area contributed by atoms with Crippen molar-refractivity contribution >= 4 is 0 Å². The molecule has 0 unspecified atom stereocenters. The van der Waals surface area contributed by atoms with Crippen LogP contribution in [-0.4, -0.2) is 0 Å². The number of H-pyrrole nitrogens is 1. The molecule has 0 amide bonds. The van der Waals surface area contributed by atoms with E-state index >= 15 is 0 Å². The van der Waals surface area contributed by atoms with E-state index in [1.54, 1.807) is 0 Å². The van der Waals surface area contributed by atoms with Crippen LogP contribution in [0, 0.1) is 17.2 Å². The van der Waals surface area contributed by atoms with Crippen molar-refractivity contribution in [3.05, 3.63) is 30.1 Å². The minimum absolute atomic E-state index is 1.20. The highest BCUT2D eigenvalue weighted by Crippen LogP contribution is 1.80. The molecule has 0 aliphatic heterocycles. The maximum atomic E-state index is 8.49. The third-order valence-corrected chi connectivity index (χ3v) is 0.865. The van der Waals surface area contributed by atoms with Crippen molar-refractivity contribution in [2.75, 3.05) is 0 Å². The number of aromatic amines is 1. The maximum absolute atomic E-state index is 8.49. The standard InChI is InChI=1S/C6H7N.ClHO4/c1-6-4-2-3-5-7-6;2-1(3,4)5/h2-5H,1H3;(H,2,3,4,5). The second kappa shape index (κ2) is 5.02. The van der Waals surface area contributed by atoms with Gasteiger partial charge in [-0.25, -0.2) is 23.6 Å². The Balaban J connectivity index is 0.000000217. The molecule has 5 nitrogen and oxygen atoms in total. The summed E-state index contributed by atoms with van der Waals surface area (Å²) in [5, 5.41) is 0. The molecular formula is C6H8ClNO4. The largest absolute Gasteiger partial charge is 0.222 e. The molecule has 0 aliphatic carbocycles. The number of aryl methyl sites for hydroxylation is 1. The second-order valence-corrected chi connectivity index (χ2v) is 2.68. The lowest BCUT2D eigenvalue weighted by atomic mass is 10.4. The summed E-state index contributed by atoms with van der Waals surface area (Å²) < 4.78 is 34.0. The summed E-state index contributed by atoms with van der Waals surface area (Å²) in [4.78, 5) is 3.03. The predicted molar refractivity (Wildman–Crippen MR) is 27.7 cm³/mol. The SMILES string of the molecule is Cc1cccc[nH+]1.[O-][Cl+3]([O-])([O-])[O-]. The van der Waals surface area contributed by atoms with Gasteiger partial charge in [0.05, 0.1) is 0 Å². The van der Waals surface area contributed by atoms with Crippen molar-refractivity contribution in [1.29, 1.82) is 0 Å². The lowest BCUT2D eigenvalue weighted by Gasteiger charge is -2.17. The molecule has 0 spiro atoms. The van der Waals surface area contributed by atoms with Crippen LogP contribution in [-0.2, 0) is 0 Å². The third kappa shape index (κ3) is 12.0. The first-order valence-corrected chi connectivity index (χ1v) is 4.18. The fourth-order valence-corrected chi connectivity index (χ4v) is 0.483. The van der Waals surface area contributed by atoms with Crippen molar-refractivity contribution in [1.82, 2.24) is 0 Å². The highest BCUT2D eigenvalue weighted by Gasteiger charge is 1.84. The number of nitrogens with one attached hydrogen (secondary N) is 1. The minimum Gasteiger partial charge on any atom is -0.222 e. The molecule has 6 heteroatoms. The Morgan fingerprint density at radius 3 is 1.83 bits per heavy atom. The van der Waals surface area contributed by atoms with Crippen LogP contribution in [0.1, 0.15) is 5.69 Å². The summed E-state index contributed by atoms with van der Waals surface area (Å²) in [6, 6.07) is 6.00. The molecule has 68 valence electrons. The quantitative estimate of drug-likeness (QED) is 0.419. The average Bonchev–Trinajstić information content (AvgIpc) is 1.85. The van der Waals surface area contributed by atoms with Crippen LogP contribution in [0.15, 0.2) is 24.4 Å². The fraction of sp³-hybridized carbons (Fsp3) is 0.167. The van der Waals surface area contributed by atoms with Gasteiger partial charge in [-0.1, -0.05) is 6.07 Å². The van der Waals surface area contributed by atoms with Crippen LogP contribution in [0.25, 0.3) is 0 Å². The molecule has 0 fully saturated rings. The van der Waals surface area contributed by atoms with Crippen LogP contribution >= 0.6 is 0 Å². The van der Waals surface area contributed by atoms with Crippen molar-refractivity contribution < 1.29 is 33.9 Å². The molecule has 12 heavy (non-hydrogen) atoms. The van der Waals surface area contributed by atoms with E-state index < -0.39 is 10.2 Å². The van der Waals surface area contributed by atoms with E-state index in [-0.39, 0.29) is 0 Å². The Kier molecular flexibility index (Phi) is 4.72. The highest BCUT2D eigenvalue weighted by atomic mass is 35.7. The van der Waals surface area contributed by atoms with Gasteiger partial charge in [0.1, 0.15) is 0 Å². The van der Waals surface area contributed by atoms with Crippen LogP contribution in [0.5, 0.6) is 0 Å². The Labute approximate surface area is 71.7 Å². The molecule has 1 rings (SSSR count). The summed E-state index contributed by atoms with van der Waals surface area (Å²) >= 11 is 0. The molecule has 0 radical (unpaired) electrons. The number of hydrogen-bond donors (Lipinski definition) is 0. The Bertz CT molecular complexity index is 205. The summed E-state index contributed by atoms with van der Waals surface area (Å²) in [5.74, 6) is 0. The van der Waals surface area contributed by atoms with Gasteiger partial charge in [0.15, 0.2) is 11.9 Å². The third-order valence-electron chi connectivity index (χ3n) is 0.865. The lowest BCUT2D eigenvalue weighted by molar-refractivity contribution is -2.00. The number of rotatable bonds is 0. The first-order valence-electron chi connectivity index (χ1n) is 2.94. The molecule has 0 aromatic carbocycles. The van der Waals surface area contributed by atoms with Gasteiger partial charge >= 0.3 is 0 Å². The number of pyridine rings is 1. The van der Waals surface area contributed by atoms with Gasteiger partial charge in [0.2, 0.25) is 0 Å². The normalized spacial score (nSPS) is 10.1. The van der Waals surface area contributed by atoms with Crippen LogP contribution in [0.2, 0.25) is 0 Å². The zero-order valence-electron chi connectivity index (χ0n) is 6.32. The first-order chi connectivity index (χ1) is 5.39. The summed E-state index contributed by atoms with van der Waals surface area (Å²) in [6.07, 6.45) is 1.91. The van der Waals surface area contributed by atoms with Crippen molar-refractivity contribution in [3.8, 4) is 0 Å². The molecule has 0 atom stereocenters. The van der Waals surface area contributed by atoms with Gasteiger partial charge in [-0.2, -0.15) is 0 Å². The smallest absolute Gasteiger partial charge is 0.176 e. The zero-order valence-corrected chi connectivity index (χ0v) is 7.08. The minimum atomic E-state index is -4.94.